The van der Waals surface area contributed by atoms with Crippen LogP contribution in [0.2, 0.25) is 0 Å². The Morgan fingerprint density at radius 2 is 2.00 bits per heavy atom. The predicted octanol–water partition coefficient (Wildman–Crippen LogP) is 2.17. The van der Waals surface area contributed by atoms with Crippen LogP contribution in [0.25, 0.3) is 0 Å². The Balaban J connectivity index is 1.82. The number of carbonyl (C=O) groups excluding carboxylic acids is 1. The Kier molecular flexibility index (Phi) is 2.58. The first-order valence-corrected chi connectivity index (χ1v) is 6.77. The molecule has 0 radical (unpaired) electrons. The lowest BCUT2D eigenvalue weighted by atomic mass is 9.94. The monoisotopic (exact) mass is 244 g/mol. The summed E-state index contributed by atoms with van der Waals surface area (Å²) >= 11 is 0. The molecule has 3 heteroatoms. The van der Waals surface area contributed by atoms with Crippen molar-refractivity contribution >= 4 is 11.6 Å². The summed E-state index contributed by atoms with van der Waals surface area (Å²) in [5.74, 6) is 0.979. The lowest BCUT2D eigenvalue weighted by Gasteiger charge is -2.23. The van der Waals surface area contributed by atoms with Crippen LogP contribution < -0.4 is 5.73 Å². The summed E-state index contributed by atoms with van der Waals surface area (Å²) in [5, 5.41) is 0. The van der Waals surface area contributed by atoms with E-state index in [1.807, 2.05) is 29.2 Å². The number of anilines is 1. The zero-order valence-corrected chi connectivity index (χ0v) is 10.9. The number of nitrogen functional groups attached to an aromatic ring is 1. The van der Waals surface area contributed by atoms with E-state index in [1.54, 1.807) is 0 Å². The zero-order chi connectivity index (χ0) is 12.8. The minimum absolute atomic E-state index is 0.224. The number of likely N-dealkylation sites (tertiary alicyclic amines) is 1. The van der Waals surface area contributed by atoms with Gasteiger partial charge in [-0.15, -0.1) is 0 Å². The summed E-state index contributed by atoms with van der Waals surface area (Å²) < 4.78 is 0. The van der Waals surface area contributed by atoms with Gasteiger partial charge in [-0.1, -0.05) is 19.1 Å². The summed E-state index contributed by atoms with van der Waals surface area (Å²) in [4.78, 5) is 14.7. The van der Waals surface area contributed by atoms with Crippen LogP contribution in [0.4, 0.5) is 5.69 Å². The summed E-state index contributed by atoms with van der Waals surface area (Å²) in [6.45, 7) is 4.07. The summed E-state index contributed by atoms with van der Waals surface area (Å²) in [6.07, 6.45) is 3.12. The molecule has 2 fully saturated rings. The molecule has 1 saturated heterocycles. The van der Waals surface area contributed by atoms with Crippen LogP contribution in [-0.2, 0) is 10.2 Å². The minimum Gasteiger partial charge on any atom is -0.399 e. The summed E-state index contributed by atoms with van der Waals surface area (Å²) in [7, 11) is 0. The third-order valence-corrected chi connectivity index (χ3v) is 4.33. The van der Waals surface area contributed by atoms with Crippen molar-refractivity contribution in [1.29, 1.82) is 0 Å². The molecule has 1 heterocycles. The Bertz CT molecular complexity index is 462. The van der Waals surface area contributed by atoms with E-state index >= 15 is 0 Å². The van der Waals surface area contributed by atoms with Crippen molar-refractivity contribution < 1.29 is 4.79 Å². The molecule has 1 aliphatic carbocycles. The number of nitrogens with zero attached hydrogens (tertiary/aromatic N) is 1. The van der Waals surface area contributed by atoms with Gasteiger partial charge in [-0.3, -0.25) is 4.79 Å². The van der Waals surface area contributed by atoms with E-state index in [2.05, 4.69) is 6.92 Å². The van der Waals surface area contributed by atoms with E-state index in [0.29, 0.717) is 11.8 Å². The van der Waals surface area contributed by atoms with Crippen molar-refractivity contribution in [3.8, 4) is 0 Å². The number of benzene rings is 1. The molecule has 0 aromatic heterocycles. The Labute approximate surface area is 108 Å². The van der Waals surface area contributed by atoms with Crippen molar-refractivity contribution in [2.75, 3.05) is 18.8 Å². The Morgan fingerprint density at radius 3 is 2.50 bits per heavy atom. The van der Waals surface area contributed by atoms with Gasteiger partial charge in [0.15, 0.2) is 0 Å². The second kappa shape index (κ2) is 4.01. The van der Waals surface area contributed by atoms with Crippen molar-refractivity contribution in [2.45, 2.75) is 31.6 Å². The fraction of sp³-hybridized carbons (Fsp3) is 0.533. The number of hydrogen-bond acceptors (Lipinski definition) is 2. The average Bonchev–Trinajstić information content (AvgIpc) is 3.06. The fourth-order valence-corrected chi connectivity index (χ4v) is 2.98. The normalized spacial score (nSPS) is 25.2. The molecular formula is C15H20N2O. The van der Waals surface area contributed by atoms with Crippen LogP contribution in [0.3, 0.4) is 0 Å². The van der Waals surface area contributed by atoms with Gasteiger partial charge in [0.1, 0.15) is 0 Å². The van der Waals surface area contributed by atoms with Gasteiger partial charge in [0.2, 0.25) is 5.91 Å². The highest BCUT2D eigenvalue weighted by atomic mass is 16.2. The van der Waals surface area contributed by atoms with E-state index < -0.39 is 0 Å². The van der Waals surface area contributed by atoms with Gasteiger partial charge in [-0.05, 0) is 42.9 Å². The molecule has 1 aromatic rings. The van der Waals surface area contributed by atoms with Crippen LogP contribution in [0.1, 0.15) is 31.7 Å². The van der Waals surface area contributed by atoms with Gasteiger partial charge < -0.3 is 10.6 Å². The van der Waals surface area contributed by atoms with Crippen LogP contribution in [0, 0.1) is 5.92 Å². The van der Waals surface area contributed by atoms with Gasteiger partial charge in [0, 0.05) is 18.8 Å². The van der Waals surface area contributed by atoms with Gasteiger partial charge in [-0.2, -0.15) is 0 Å². The van der Waals surface area contributed by atoms with E-state index in [4.69, 9.17) is 5.73 Å². The van der Waals surface area contributed by atoms with Gasteiger partial charge in [0.25, 0.3) is 0 Å². The first kappa shape index (κ1) is 11.6. The van der Waals surface area contributed by atoms with Crippen molar-refractivity contribution in [1.82, 2.24) is 4.90 Å². The Hall–Kier alpha value is -1.51. The zero-order valence-electron chi connectivity index (χ0n) is 10.9. The highest BCUT2D eigenvalue weighted by molar-refractivity contribution is 5.91. The molecule has 96 valence electrons. The molecule has 1 atom stereocenters. The standard InChI is InChI=1S/C15H20N2O/c1-11-6-9-17(10-11)14(18)15(7-8-15)12-2-4-13(16)5-3-12/h2-5,11H,6-10,16H2,1H3. The molecule has 1 aliphatic heterocycles. The minimum atomic E-state index is -0.224. The number of carbonyl (C=O) groups is 1. The van der Waals surface area contributed by atoms with E-state index in [9.17, 15) is 4.79 Å². The summed E-state index contributed by atoms with van der Waals surface area (Å²) in [6, 6.07) is 7.82. The third-order valence-electron chi connectivity index (χ3n) is 4.33. The Morgan fingerprint density at radius 1 is 1.33 bits per heavy atom. The fourth-order valence-electron chi connectivity index (χ4n) is 2.98. The molecule has 3 rings (SSSR count). The maximum atomic E-state index is 12.7. The van der Waals surface area contributed by atoms with Gasteiger partial charge in [0.05, 0.1) is 5.41 Å². The third kappa shape index (κ3) is 1.78. The summed E-state index contributed by atoms with van der Waals surface area (Å²) in [5.41, 5.74) is 7.39. The first-order valence-electron chi connectivity index (χ1n) is 6.77. The highest BCUT2D eigenvalue weighted by Crippen LogP contribution is 2.50. The lowest BCUT2D eigenvalue weighted by molar-refractivity contribution is -0.133. The number of rotatable bonds is 2. The molecular weight excluding hydrogens is 224 g/mol. The van der Waals surface area contributed by atoms with Crippen LogP contribution >= 0.6 is 0 Å². The van der Waals surface area contributed by atoms with Crippen molar-refractivity contribution in [2.24, 2.45) is 5.92 Å². The van der Waals surface area contributed by atoms with Crippen molar-refractivity contribution in [3.05, 3.63) is 29.8 Å². The highest BCUT2D eigenvalue weighted by Gasteiger charge is 2.53. The molecule has 2 aliphatic rings. The molecule has 18 heavy (non-hydrogen) atoms. The maximum absolute atomic E-state index is 12.7. The maximum Gasteiger partial charge on any atom is 0.233 e. The largest absolute Gasteiger partial charge is 0.399 e. The molecule has 1 aromatic carbocycles. The van der Waals surface area contributed by atoms with Crippen LogP contribution in [0.15, 0.2) is 24.3 Å². The number of nitrogens with two attached hydrogens (primary N) is 1. The molecule has 1 amide bonds. The van der Waals surface area contributed by atoms with Crippen LogP contribution in [-0.4, -0.2) is 23.9 Å². The average molecular weight is 244 g/mol. The van der Waals surface area contributed by atoms with Gasteiger partial charge in [-0.25, -0.2) is 0 Å². The van der Waals surface area contributed by atoms with Crippen LogP contribution in [0.5, 0.6) is 0 Å². The van der Waals surface area contributed by atoms with Crippen molar-refractivity contribution in [3.63, 3.8) is 0 Å². The van der Waals surface area contributed by atoms with E-state index in [0.717, 1.165) is 43.6 Å². The molecule has 0 bridgehead atoms. The first-order chi connectivity index (χ1) is 8.62. The lowest BCUT2D eigenvalue weighted by Crippen LogP contribution is -2.37. The molecule has 1 unspecified atom stereocenters. The van der Waals surface area contributed by atoms with Gasteiger partial charge >= 0.3 is 0 Å². The number of amides is 1. The molecule has 3 nitrogen and oxygen atoms in total. The van der Waals surface area contributed by atoms with E-state index in [-0.39, 0.29) is 5.41 Å². The SMILES string of the molecule is CC1CCN(C(=O)C2(c3ccc(N)cc3)CC2)C1. The second-order valence-electron chi connectivity index (χ2n) is 5.85. The topological polar surface area (TPSA) is 46.3 Å². The molecule has 1 saturated carbocycles. The smallest absolute Gasteiger partial charge is 0.233 e. The number of hydrogen-bond donors (Lipinski definition) is 1. The predicted molar refractivity (Wildman–Crippen MR) is 72.1 cm³/mol. The quantitative estimate of drug-likeness (QED) is 0.810. The molecule has 0 spiro atoms. The molecule has 2 N–H and O–H groups in total. The van der Waals surface area contributed by atoms with E-state index in [1.165, 1.54) is 0 Å². The second-order valence-corrected chi connectivity index (χ2v) is 5.85.